The van der Waals surface area contributed by atoms with Crippen LogP contribution >= 0.6 is 11.6 Å². The number of amidine groups is 1. The van der Waals surface area contributed by atoms with Crippen LogP contribution in [-0.4, -0.2) is 16.6 Å². The molecule has 1 rings (SSSR count). The molecule has 0 unspecified atom stereocenters. The van der Waals surface area contributed by atoms with E-state index in [-0.39, 0.29) is 23.1 Å². The quantitative estimate of drug-likeness (QED) is 0.283. The van der Waals surface area contributed by atoms with Crippen LogP contribution in [0, 0.1) is 10.1 Å². The maximum atomic E-state index is 11.0. The van der Waals surface area contributed by atoms with E-state index >= 15 is 0 Å². The normalized spacial score (nSPS) is 11.6. The molecule has 18 heavy (non-hydrogen) atoms. The van der Waals surface area contributed by atoms with Crippen molar-refractivity contribution in [3.63, 3.8) is 0 Å². The third kappa shape index (κ3) is 4.00. The second-order valence-corrected chi connectivity index (χ2v) is 4.19. The van der Waals surface area contributed by atoms with Gasteiger partial charge in [0.25, 0.3) is 5.69 Å². The second-order valence-electron chi connectivity index (χ2n) is 3.92. The van der Waals surface area contributed by atoms with E-state index in [4.69, 9.17) is 17.3 Å². The molecule has 0 amide bonds. The molecule has 0 aliphatic carbocycles. The number of rotatable bonds is 6. The first-order valence-corrected chi connectivity index (χ1v) is 6.28. The fourth-order valence-electron chi connectivity index (χ4n) is 1.53. The third-order valence-electron chi connectivity index (χ3n) is 2.46. The first-order valence-electron chi connectivity index (χ1n) is 5.74. The van der Waals surface area contributed by atoms with E-state index in [1.165, 1.54) is 0 Å². The Kier molecular flexibility index (Phi) is 5.58. The number of aryl methyl sites for hydroxylation is 1. The van der Waals surface area contributed by atoms with E-state index in [0.717, 1.165) is 24.8 Å². The molecule has 5 nitrogen and oxygen atoms in total. The van der Waals surface area contributed by atoms with E-state index in [2.05, 4.69) is 11.9 Å². The van der Waals surface area contributed by atoms with Crippen LogP contribution in [-0.2, 0) is 6.42 Å². The van der Waals surface area contributed by atoms with Crippen molar-refractivity contribution >= 4 is 28.8 Å². The molecule has 0 heterocycles. The van der Waals surface area contributed by atoms with Gasteiger partial charge in [0.1, 0.15) is 11.5 Å². The fourth-order valence-corrected chi connectivity index (χ4v) is 1.59. The number of benzene rings is 1. The first-order chi connectivity index (χ1) is 8.58. The molecule has 6 heteroatoms. The van der Waals surface area contributed by atoms with Gasteiger partial charge in [-0.25, -0.2) is 4.99 Å². The van der Waals surface area contributed by atoms with Crippen LogP contribution in [0.1, 0.15) is 25.3 Å². The predicted molar refractivity (Wildman–Crippen MR) is 73.7 cm³/mol. The molecular weight excluding hydrogens is 254 g/mol. The zero-order chi connectivity index (χ0) is 13.5. The largest absolute Gasteiger partial charge is 0.386 e. The molecular formula is C12H16ClN3O2. The summed E-state index contributed by atoms with van der Waals surface area (Å²) in [4.78, 5) is 14.5. The highest BCUT2D eigenvalue weighted by Gasteiger charge is 2.14. The summed E-state index contributed by atoms with van der Waals surface area (Å²) in [5.74, 6) is 0.218. The van der Waals surface area contributed by atoms with Gasteiger partial charge in [-0.05, 0) is 24.5 Å². The minimum absolute atomic E-state index is 0.0309. The van der Waals surface area contributed by atoms with Gasteiger partial charge in [0.15, 0.2) is 0 Å². The van der Waals surface area contributed by atoms with E-state index in [1.807, 2.05) is 6.07 Å². The van der Waals surface area contributed by atoms with Gasteiger partial charge < -0.3 is 5.73 Å². The Morgan fingerprint density at radius 2 is 2.28 bits per heavy atom. The Hall–Kier alpha value is -1.62. The molecule has 1 aromatic rings. The summed E-state index contributed by atoms with van der Waals surface area (Å²) < 4.78 is 0. The molecule has 2 N–H and O–H groups in total. The van der Waals surface area contributed by atoms with Crippen LogP contribution in [0.4, 0.5) is 11.4 Å². The molecule has 1 aromatic carbocycles. The number of aliphatic imine (C=N–C) groups is 1. The molecule has 0 aromatic heterocycles. The van der Waals surface area contributed by atoms with Gasteiger partial charge in [-0.1, -0.05) is 19.4 Å². The zero-order valence-electron chi connectivity index (χ0n) is 10.2. The topological polar surface area (TPSA) is 81.5 Å². The molecule has 0 aliphatic rings. The van der Waals surface area contributed by atoms with Gasteiger partial charge in [-0.2, -0.15) is 0 Å². The highest BCUT2D eigenvalue weighted by atomic mass is 35.5. The van der Waals surface area contributed by atoms with Gasteiger partial charge in [0.2, 0.25) is 0 Å². The number of nitro benzene ring substituents is 1. The summed E-state index contributed by atoms with van der Waals surface area (Å²) in [6.45, 7) is 2.08. The van der Waals surface area contributed by atoms with Crippen LogP contribution in [0.15, 0.2) is 23.2 Å². The maximum Gasteiger partial charge on any atom is 0.295 e. The van der Waals surface area contributed by atoms with E-state index in [1.54, 1.807) is 12.1 Å². The molecule has 0 aliphatic heterocycles. The van der Waals surface area contributed by atoms with Crippen molar-refractivity contribution in [1.82, 2.24) is 0 Å². The van der Waals surface area contributed by atoms with Crippen LogP contribution < -0.4 is 5.73 Å². The Labute approximate surface area is 111 Å². The van der Waals surface area contributed by atoms with Gasteiger partial charge in [-0.3, -0.25) is 10.1 Å². The summed E-state index contributed by atoms with van der Waals surface area (Å²) in [7, 11) is 0. The lowest BCUT2D eigenvalue weighted by Gasteiger charge is -2.03. The molecule has 98 valence electrons. The average Bonchev–Trinajstić information content (AvgIpc) is 2.37. The Morgan fingerprint density at radius 1 is 1.56 bits per heavy atom. The van der Waals surface area contributed by atoms with E-state index in [9.17, 15) is 10.1 Å². The van der Waals surface area contributed by atoms with Crippen molar-refractivity contribution < 1.29 is 4.92 Å². The lowest BCUT2D eigenvalue weighted by Crippen LogP contribution is -2.12. The van der Waals surface area contributed by atoms with Crippen molar-refractivity contribution in [3.05, 3.63) is 33.9 Å². The number of hydrogen-bond donors (Lipinski definition) is 1. The number of nitrogens with zero attached hydrogens (tertiary/aromatic N) is 2. The number of nitrogens with two attached hydrogens (primary N) is 1. The number of nitro groups is 1. The smallest absolute Gasteiger partial charge is 0.295 e. The monoisotopic (exact) mass is 269 g/mol. The number of halogens is 1. The molecule has 0 saturated heterocycles. The maximum absolute atomic E-state index is 11.0. The van der Waals surface area contributed by atoms with Crippen LogP contribution in [0.3, 0.4) is 0 Å². The average molecular weight is 270 g/mol. The lowest BCUT2D eigenvalue weighted by molar-refractivity contribution is -0.384. The van der Waals surface area contributed by atoms with Crippen LogP contribution in [0.5, 0.6) is 0 Å². The second kappa shape index (κ2) is 6.96. The van der Waals surface area contributed by atoms with Crippen molar-refractivity contribution in [2.45, 2.75) is 26.2 Å². The summed E-state index contributed by atoms with van der Waals surface area (Å²) in [5, 5.41) is 11.0. The highest BCUT2D eigenvalue weighted by Crippen LogP contribution is 2.28. The van der Waals surface area contributed by atoms with Crippen molar-refractivity contribution in [1.29, 1.82) is 0 Å². The third-order valence-corrected chi connectivity index (χ3v) is 2.73. The minimum Gasteiger partial charge on any atom is -0.386 e. The molecule has 0 fully saturated rings. The highest BCUT2D eigenvalue weighted by molar-refractivity contribution is 6.28. The minimum atomic E-state index is -0.449. The molecule has 0 atom stereocenters. The summed E-state index contributed by atoms with van der Waals surface area (Å²) in [6.07, 6.45) is 2.88. The van der Waals surface area contributed by atoms with Gasteiger partial charge in [0, 0.05) is 6.07 Å². The van der Waals surface area contributed by atoms with Crippen molar-refractivity contribution in [2.24, 2.45) is 10.7 Å². The van der Waals surface area contributed by atoms with Crippen molar-refractivity contribution in [3.8, 4) is 0 Å². The van der Waals surface area contributed by atoms with Crippen molar-refractivity contribution in [2.75, 3.05) is 5.88 Å². The standard InChI is InChI=1S/C12H16ClN3O2/c1-2-3-4-9-5-6-10(15-12(14)8-13)11(7-9)16(17)18/h5-7H,2-4,8H2,1H3,(H2,14,15). The fraction of sp³-hybridized carbons (Fsp3) is 0.417. The first kappa shape index (κ1) is 14.4. The van der Waals surface area contributed by atoms with Gasteiger partial charge in [-0.15, -0.1) is 11.6 Å². The SMILES string of the molecule is CCCCc1ccc(N=C(N)CCl)c([N+](=O)[O-])c1. The zero-order valence-corrected chi connectivity index (χ0v) is 11.0. The summed E-state index contributed by atoms with van der Waals surface area (Å²) in [5.41, 5.74) is 6.64. The predicted octanol–water partition coefficient (Wildman–Crippen LogP) is 3.16. The van der Waals surface area contributed by atoms with Gasteiger partial charge >= 0.3 is 0 Å². The number of unbranched alkanes of at least 4 members (excludes halogenated alkanes) is 1. The summed E-state index contributed by atoms with van der Waals surface area (Å²) >= 11 is 5.51. The Morgan fingerprint density at radius 3 is 2.83 bits per heavy atom. The van der Waals surface area contributed by atoms with E-state index < -0.39 is 4.92 Å². The molecule has 0 bridgehead atoms. The van der Waals surface area contributed by atoms with Crippen LogP contribution in [0.2, 0.25) is 0 Å². The Bertz CT molecular complexity index is 461. The Balaban J connectivity index is 3.08. The van der Waals surface area contributed by atoms with Gasteiger partial charge in [0.05, 0.1) is 10.8 Å². The molecule has 0 radical (unpaired) electrons. The molecule has 0 spiro atoms. The lowest BCUT2D eigenvalue weighted by atomic mass is 10.1. The molecule has 0 saturated carbocycles. The number of alkyl halides is 1. The van der Waals surface area contributed by atoms with Crippen LogP contribution in [0.25, 0.3) is 0 Å². The van der Waals surface area contributed by atoms with E-state index in [0.29, 0.717) is 0 Å². The number of hydrogen-bond acceptors (Lipinski definition) is 3. The summed E-state index contributed by atoms with van der Waals surface area (Å²) in [6, 6.07) is 5.00.